The van der Waals surface area contributed by atoms with Gasteiger partial charge in [-0.3, -0.25) is 9.69 Å². The number of rotatable bonds is 4. The highest BCUT2D eigenvalue weighted by molar-refractivity contribution is 5.83. The highest BCUT2D eigenvalue weighted by Gasteiger charge is 2.37. The van der Waals surface area contributed by atoms with Crippen LogP contribution >= 0.6 is 0 Å². The molecule has 2 aliphatic rings. The molecular formula is C24H35N5O3. The Morgan fingerprint density at radius 1 is 1.16 bits per heavy atom. The number of carbonyl (C=O) groups is 2. The van der Waals surface area contributed by atoms with Crippen molar-refractivity contribution in [2.24, 2.45) is 0 Å². The Labute approximate surface area is 189 Å². The number of pyridine rings is 1. The highest BCUT2D eigenvalue weighted by atomic mass is 16.6. The largest absolute Gasteiger partial charge is 0.444 e. The van der Waals surface area contributed by atoms with E-state index in [0.717, 1.165) is 11.3 Å². The van der Waals surface area contributed by atoms with E-state index in [2.05, 4.69) is 26.8 Å². The van der Waals surface area contributed by atoms with Crippen LogP contribution in [-0.4, -0.2) is 69.5 Å². The Morgan fingerprint density at radius 3 is 2.53 bits per heavy atom. The van der Waals surface area contributed by atoms with Gasteiger partial charge in [-0.15, -0.1) is 0 Å². The maximum absolute atomic E-state index is 13.3. The van der Waals surface area contributed by atoms with Crippen LogP contribution in [0, 0.1) is 0 Å². The van der Waals surface area contributed by atoms with E-state index in [0.29, 0.717) is 25.6 Å². The molecule has 0 radical (unpaired) electrons. The minimum Gasteiger partial charge on any atom is -0.444 e. The smallest absolute Gasteiger partial charge is 0.410 e. The van der Waals surface area contributed by atoms with Crippen LogP contribution in [0.3, 0.4) is 0 Å². The van der Waals surface area contributed by atoms with Gasteiger partial charge in [0, 0.05) is 25.8 Å². The molecule has 0 aromatic carbocycles. The lowest BCUT2D eigenvalue weighted by Gasteiger charge is -2.40. The third-order valence-electron chi connectivity index (χ3n) is 6.22. The predicted molar refractivity (Wildman–Crippen MR) is 123 cm³/mol. The van der Waals surface area contributed by atoms with Gasteiger partial charge in [0.05, 0.1) is 17.3 Å². The number of carbonyl (C=O) groups excluding carboxylic acids is 2. The molecule has 0 spiro atoms. The number of imidazole rings is 1. The summed E-state index contributed by atoms with van der Waals surface area (Å²) < 4.78 is 7.60. The summed E-state index contributed by atoms with van der Waals surface area (Å²) in [5.74, 6) is 1.29. The van der Waals surface area contributed by atoms with Crippen molar-refractivity contribution in [2.75, 3.05) is 26.7 Å². The Balaban J connectivity index is 1.50. The molecule has 8 heteroatoms. The van der Waals surface area contributed by atoms with Gasteiger partial charge >= 0.3 is 6.09 Å². The van der Waals surface area contributed by atoms with Crippen molar-refractivity contribution in [1.29, 1.82) is 0 Å². The predicted octanol–water partition coefficient (Wildman–Crippen LogP) is 3.11. The number of aromatic nitrogens is 2. The Bertz CT molecular complexity index is 1020. The summed E-state index contributed by atoms with van der Waals surface area (Å²) in [6.45, 7) is 10.9. The lowest BCUT2D eigenvalue weighted by molar-refractivity contribution is -0.129. The minimum absolute atomic E-state index is 0.124. The zero-order valence-corrected chi connectivity index (χ0v) is 20.0. The monoisotopic (exact) mass is 441 g/mol. The molecule has 2 aromatic heterocycles. The van der Waals surface area contributed by atoms with E-state index in [-0.39, 0.29) is 12.0 Å². The van der Waals surface area contributed by atoms with Gasteiger partial charge in [0.15, 0.2) is 0 Å². The molecule has 8 nitrogen and oxygen atoms in total. The van der Waals surface area contributed by atoms with Gasteiger partial charge < -0.3 is 19.4 Å². The van der Waals surface area contributed by atoms with Crippen LogP contribution in [-0.2, 0) is 15.1 Å². The molecule has 1 atom stereocenters. The number of piperazine rings is 1. The Kier molecular flexibility index (Phi) is 5.69. The van der Waals surface area contributed by atoms with Crippen LogP contribution in [0.5, 0.6) is 0 Å². The molecule has 1 aliphatic carbocycles. The van der Waals surface area contributed by atoms with Crippen LogP contribution in [0.1, 0.15) is 64.8 Å². The number of nitrogens with one attached hydrogen (secondary N) is 1. The molecule has 1 saturated heterocycles. The summed E-state index contributed by atoms with van der Waals surface area (Å²) in [6, 6.07) is 3.77. The third kappa shape index (κ3) is 4.60. The van der Waals surface area contributed by atoms with Gasteiger partial charge in [-0.1, -0.05) is 6.07 Å². The first kappa shape index (κ1) is 22.6. The van der Waals surface area contributed by atoms with E-state index in [9.17, 15) is 9.59 Å². The van der Waals surface area contributed by atoms with E-state index in [4.69, 9.17) is 4.74 Å². The summed E-state index contributed by atoms with van der Waals surface area (Å²) in [5, 5.41) is 3.18. The third-order valence-corrected chi connectivity index (χ3v) is 6.22. The van der Waals surface area contributed by atoms with Crippen LogP contribution in [0.15, 0.2) is 24.5 Å². The van der Waals surface area contributed by atoms with Crippen molar-refractivity contribution < 1.29 is 14.3 Å². The molecule has 0 bridgehead atoms. The molecule has 0 unspecified atom stereocenters. The molecule has 3 heterocycles. The standard InChI is InChI=1S/C24H35N5O3/c1-23(2,3)32-22(31)28-13-12-27(6)19(15-28)20(30)26-24(4,5)21-25-14-18-17(16-9-10-16)8-7-11-29(18)21/h7-8,11,14,16,19H,9-10,12-13,15H2,1-6H3,(H,26,30)/t19-/m0/s1. The van der Waals surface area contributed by atoms with Gasteiger partial charge in [-0.25, -0.2) is 9.78 Å². The van der Waals surface area contributed by atoms with Gasteiger partial charge in [0.25, 0.3) is 0 Å². The SMILES string of the molecule is CN1CCN(C(=O)OC(C)(C)C)C[C@H]1C(=O)NC(C)(C)c1ncc2c(C3CC3)cccn12. The van der Waals surface area contributed by atoms with Crippen molar-refractivity contribution in [2.45, 2.75) is 70.6 Å². The maximum atomic E-state index is 13.3. The van der Waals surface area contributed by atoms with Gasteiger partial charge in [-0.2, -0.15) is 0 Å². The van der Waals surface area contributed by atoms with E-state index < -0.39 is 17.2 Å². The molecular weight excluding hydrogens is 406 g/mol. The van der Waals surface area contributed by atoms with Crippen molar-refractivity contribution in [3.8, 4) is 0 Å². The molecule has 1 N–H and O–H groups in total. The number of amides is 2. The van der Waals surface area contributed by atoms with Crippen molar-refractivity contribution >= 4 is 17.5 Å². The van der Waals surface area contributed by atoms with E-state index >= 15 is 0 Å². The number of hydrogen-bond donors (Lipinski definition) is 1. The summed E-state index contributed by atoms with van der Waals surface area (Å²) in [7, 11) is 1.91. The van der Waals surface area contributed by atoms with Crippen molar-refractivity contribution in [3.05, 3.63) is 35.9 Å². The summed E-state index contributed by atoms with van der Waals surface area (Å²) in [5.41, 5.74) is 1.19. The molecule has 2 aromatic rings. The quantitative estimate of drug-likeness (QED) is 0.789. The fourth-order valence-corrected chi connectivity index (χ4v) is 4.34. The van der Waals surface area contributed by atoms with Crippen molar-refractivity contribution in [3.63, 3.8) is 0 Å². The Hall–Kier alpha value is -2.61. The first-order valence-corrected chi connectivity index (χ1v) is 11.4. The maximum Gasteiger partial charge on any atom is 0.410 e. The van der Waals surface area contributed by atoms with Crippen LogP contribution in [0.25, 0.3) is 5.52 Å². The fourth-order valence-electron chi connectivity index (χ4n) is 4.34. The van der Waals surface area contributed by atoms with E-state index in [1.54, 1.807) is 4.90 Å². The van der Waals surface area contributed by atoms with Crippen LogP contribution < -0.4 is 5.32 Å². The number of nitrogens with zero attached hydrogens (tertiary/aromatic N) is 4. The second kappa shape index (κ2) is 8.06. The van der Waals surface area contributed by atoms with Crippen molar-refractivity contribution in [1.82, 2.24) is 24.5 Å². The van der Waals surface area contributed by atoms with Crippen LogP contribution in [0.2, 0.25) is 0 Å². The topological polar surface area (TPSA) is 79.2 Å². The molecule has 1 saturated carbocycles. The molecule has 2 fully saturated rings. The second-order valence-electron chi connectivity index (χ2n) is 10.6. The average molecular weight is 442 g/mol. The molecule has 32 heavy (non-hydrogen) atoms. The molecule has 2 amide bonds. The average Bonchev–Trinajstić information content (AvgIpc) is 3.43. The lowest BCUT2D eigenvalue weighted by Crippen LogP contribution is -2.61. The van der Waals surface area contributed by atoms with Gasteiger partial charge in [0.1, 0.15) is 17.5 Å². The molecule has 174 valence electrons. The number of ether oxygens (including phenoxy) is 1. The zero-order chi connectivity index (χ0) is 23.3. The molecule has 1 aliphatic heterocycles. The van der Waals surface area contributed by atoms with Gasteiger partial charge in [0.2, 0.25) is 5.91 Å². The van der Waals surface area contributed by atoms with E-state index in [1.807, 2.05) is 59.0 Å². The zero-order valence-electron chi connectivity index (χ0n) is 20.0. The summed E-state index contributed by atoms with van der Waals surface area (Å²) in [4.78, 5) is 34.2. The number of hydrogen-bond acceptors (Lipinski definition) is 5. The number of fused-ring (bicyclic) bond motifs is 1. The summed E-state index contributed by atoms with van der Waals surface area (Å²) >= 11 is 0. The highest BCUT2D eigenvalue weighted by Crippen LogP contribution is 2.42. The van der Waals surface area contributed by atoms with Crippen LogP contribution in [0.4, 0.5) is 4.79 Å². The summed E-state index contributed by atoms with van der Waals surface area (Å²) in [6.07, 6.45) is 5.99. The second-order valence-corrected chi connectivity index (χ2v) is 10.6. The fraction of sp³-hybridized carbons (Fsp3) is 0.625. The first-order valence-electron chi connectivity index (χ1n) is 11.4. The molecule has 4 rings (SSSR count). The van der Waals surface area contributed by atoms with Gasteiger partial charge in [-0.05, 0) is 72.1 Å². The first-order chi connectivity index (χ1) is 15.0. The van der Waals surface area contributed by atoms with E-state index in [1.165, 1.54) is 18.4 Å². The lowest BCUT2D eigenvalue weighted by atomic mass is 10.0. The minimum atomic E-state index is -0.680. The number of likely N-dealkylation sites (N-methyl/N-ethyl adjacent to an activating group) is 1. The Morgan fingerprint density at radius 2 is 1.88 bits per heavy atom. The normalized spacial score (nSPS) is 20.4.